The summed E-state index contributed by atoms with van der Waals surface area (Å²) in [5, 5.41) is 12.2. The van der Waals surface area contributed by atoms with Crippen molar-refractivity contribution in [2.45, 2.75) is 19.8 Å². The van der Waals surface area contributed by atoms with Crippen molar-refractivity contribution >= 4 is 17.7 Å². The normalized spacial score (nSPS) is 10.7. The van der Waals surface area contributed by atoms with Gasteiger partial charge in [0.15, 0.2) is 23.0 Å². The van der Waals surface area contributed by atoms with E-state index in [1.54, 1.807) is 43.5 Å². The molecule has 0 aromatic heterocycles. The third kappa shape index (κ3) is 5.92. The number of carbonyl (C=O) groups is 1. The molecule has 0 aliphatic carbocycles. The Kier molecular flexibility index (Phi) is 8.57. The summed E-state index contributed by atoms with van der Waals surface area (Å²) in [6.45, 7) is 2.64. The average Bonchev–Trinajstić information content (AvgIpc) is 2.77. The molecule has 2 rings (SSSR count). The average molecular weight is 410 g/mol. The van der Waals surface area contributed by atoms with Crippen molar-refractivity contribution in [2.75, 3.05) is 33.3 Å². The predicted molar refractivity (Wildman–Crippen MR) is 115 cm³/mol. The molecule has 0 aliphatic heterocycles. The Bertz CT molecular complexity index is 947. The lowest BCUT2D eigenvalue weighted by Crippen LogP contribution is -2.13. The summed E-state index contributed by atoms with van der Waals surface area (Å²) in [5.41, 5.74) is 1.09. The lowest BCUT2D eigenvalue weighted by Gasteiger charge is -2.12. The molecule has 0 aliphatic rings. The minimum atomic E-state index is -0.533. The van der Waals surface area contributed by atoms with Gasteiger partial charge in [0.2, 0.25) is 0 Å². The maximum atomic E-state index is 12.6. The van der Waals surface area contributed by atoms with Gasteiger partial charge < -0.3 is 24.3 Å². The SMILES string of the molecule is CCCCOc1cc(/C=C(\C#N)C(=O)Nc2ccc(OC)c(OC)c2)ccc1OC. The van der Waals surface area contributed by atoms with Crippen molar-refractivity contribution < 1.29 is 23.7 Å². The van der Waals surface area contributed by atoms with Crippen LogP contribution in [-0.4, -0.2) is 33.8 Å². The minimum absolute atomic E-state index is 0.0468. The number of anilines is 1. The van der Waals surface area contributed by atoms with Crippen LogP contribution in [0, 0.1) is 11.3 Å². The van der Waals surface area contributed by atoms with Crippen LogP contribution in [-0.2, 0) is 4.79 Å². The first-order valence-electron chi connectivity index (χ1n) is 9.52. The molecule has 30 heavy (non-hydrogen) atoms. The van der Waals surface area contributed by atoms with E-state index in [4.69, 9.17) is 18.9 Å². The molecule has 0 spiro atoms. The van der Waals surface area contributed by atoms with E-state index in [9.17, 15) is 10.1 Å². The lowest BCUT2D eigenvalue weighted by molar-refractivity contribution is -0.112. The van der Waals surface area contributed by atoms with E-state index < -0.39 is 5.91 Å². The Morgan fingerprint density at radius 1 is 1.00 bits per heavy atom. The number of nitriles is 1. The number of ether oxygens (including phenoxy) is 4. The fourth-order valence-electron chi connectivity index (χ4n) is 2.65. The summed E-state index contributed by atoms with van der Waals surface area (Å²) in [4.78, 5) is 12.6. The summed E-state index contributed by atoms with van der Waals surface area (Å²) >= 11 is 0. The Labute approximate surface area is 176 Å². The number of benzene rings is 2. The smallest absolute Gasteiger partial charge is 0.266 e. The van der Waals surface area contributed by atoms with Gasteiger partial charge in [-0.15, -0.1) is 0 Å². The molecule has 0 unspecified atom stereocenters. The second-order valence-corrected chi connectivity index (χ2v) is 6.31. The number of nitrogens with one attached hydrogen (secondary N) is 1. The fraction of sp³-hybridized carbons (Fsp3) is 0.304. The van der Waals surface area contributed by atoms with Crippen molar-refractivity contribution in [3.05, 3.63) is 47.5 Å². The highest BCUT2D eigenvalue weighted by Crippen LogP contribution is 2.31. The van der Waals surface area contributed by atoms with Crippen LogP contribution in [0.2, 0.25) is 0 Å². The van der Waals surface area contributed by atoms with Gasteiger partial charge in [0.25, 0.3) is 5.91 Å². The Morgan fingerprint density at radius 3 is 2.30 bits per heavy atom. The molecule has 0 heterocycles. The second kappa shape index (κ2) is 11.4. The molecule has 2 aromatic carbocycles. The second-order valence-electron chi connectivity index (χ2n) is 6.31. The van der Waals surface area contributed by atoms with E-state index >= 15 is 0 Å². The van der Waals surface area contributed by atoms with Gasteiger partial charge in [-0.2, -0.15) is 5.26 Å². The largest absolute Gasteiger partial charge is 0.493 e. The number of hydrogen-bond donors (Lipinski definition) is 1. The van der Waals surface area contributed by atoms with Gasteiger partial charge >= 0.3 is 0 Å². The third-order valence-corrected chi connectivity index (χ3v) is 4.26. The highest BCUT2D eigenvalue weighted by molar-refractivity contribution is 6.09. The number of nitrogens with zero attached hydrogens (tertiary/aromatic N) is 1. The molecule has 1 amide bonds. The van der Waals surface area contributed by atoms with E-state index in [2.05, 4.69) is 12.2 Å². The van der Waals surface area contributed by atoms with Crippen LogP contribution in [0.5, 0.6) is 23.0 Å². The molecule has 7 heteroatoms. The van der Waals surface area contributed by atoms with Gasteiger partial charge in [0, 0.05) is 11.8 Å². The molecule has 0 saturated heterocycles. The topological polar surface area (TPSA) is 89.8 Å². The number of rotatable bonds is 10. The van der Waals surface area contributed by atoms with E-state index in [0.29, 0.717) is 40.9 Å². The molecule has 2 aromatic rings. The zero-order valence-electron chi connectivity index (χ0n) is 17.7. The Hall–Kier alpha value is -3.66. The number of amides is 1. The van der Waals surface area contributed by atoms with Crippen molar-refractivity contribution in [3.8, 4) is 29.1 Å². The quantitative estimate of drug-likeness (QED) is 0.354. The predicted octanol–water partition coefficient (Wildman–Crippen LogP) is 4.44. The minimum Gasteiger partial charge on any atom is -0.493 e. The van der Waals surface area contributed by atoms with E-state index in [1.807, 2.05) is 6.07 Å². The summed E-state index contributed by atoms with van der Waals surface area (Å²) in [5.74, 6) is 1.64. The van der Waals surface area contributed by atoms with Gasteiger partial charge in [0.05, 0.1) is 27.9 Å². The molecule has 0 radical (unpaired) electrons. The standard InChI is InChI=1S/C23H26N2O5/c1-5-6-11-30-22-13-16(7-9-20(22)28-3)12-17(15-24)23(26)25-18-8-10-19(27-2)21(14-18)29-4/h7-10,12-14H,5-6,11H2,1-4H3,(H,25,26)/b17-12+. The van der Waals surface area contributed by atoms with Crippen molar-refractivity contribution in [2.24, 2.45) is 0 Å². The van der Waals surface area contributed by atoms with Crippen LogP contribution >= 0.6 is 0 Å². The molecule has 0 fully saturated rings. The monoisotopic (exact) mass is 410 g/mol. The first-order valence-corrected chi connectivity index (χ1v) is 9.52. The molecule has 158 valence electrons. The molecule has 0 saturated carbocycles. The zero-order valence-corrected chi connectivity index (χ0v) is 17.7. The molecule has 0 atom stereocenters. The van der Waals surface area contributed by atoms with Crippen LogP contribution < -0.4 is 24.3 Å². The molecule has 7 nitrogen and oxygen atoms in total. The Morgan fingerprint density at radius 2 is 1.67 bits per heavy atom. The summed E-state index contributed by atoms with van der Waals surface area (Å²) < 4.78 is 21.5. The first kappa shape index (κ1) is 22.6. The number of unbranched alkanes of at least 4 members (excludes halogenated alkanes) is 1. The van der Waals surface area contributed by atoms with E-state index in [-0.39, 0.29) is 5.57 Å². The number of methoxy groups -OCH3 is 3. The fourth-order valence-corrected chi connectivity index (χ4v) is 2.65. The van der Waals surface area contributed by atoms with Crippen molar-refractivity contribution in [1.82, 2.24) is 0 Å². The van der Waals surface area contributed by atoms with Crippen LogP contribution in [0.4, 0.5) is 5.69 Å². The van der Waals surface area contributed by atoms with E-state index in [1.165, 1.54) is 20.3 Å². The van der Waals surface area contributed by atoms with Crippen LogP contribution in [0.3, 0.4) is 0 Å². The summed E-state index contributed by atoms with van der Waals surface area (Å²) in [6, 6.07) is 12.2. The van der Waals surface area contributed by atoms with Crippen molar-refractivity contribution in [3.63, 3.8) is 0 Å². The van der Waals surface area contributed by atoms with Crippen molar-refractivity contribution in [1.29, 1.82) is 5.26 Å². The lowest BCUT2D eigenvalue weighted by atomic mass is 10.1. The number of hydrogen-bond acceptors (Lipinski definition) is 6. The van der Waals surface area contributed by atoms with E-state index in [0.717, 1.165) is 12.8 Å². The molecule has 1 N–H and O–H groups in total. The maximum Gasteiger partial charge on any atom is 0.266 e. The van der Waals surface area contributed by atoms with Gasteiger partial charge in [-0.05, 0) is 42.3 Å². The highest BCUT2D eigenvalue weighted by atomic mass is 16.5. The highest BCUT2D eigenvalue weighted by Gasteiger charge is 2.13. The zero-order chi connectivity index (χ0) is 21.9. The van der Waals surface area contributed by atoms with Gasteiger partial charge in [-0.25, -0.2) is 0 Å². The van der Waals surface area contributed by atoms with Gasteiger partial charge in [-0.1, -0.05) is 19.4 Å². The maximum absolute atomic E-state index is 12.6. The molecule has 0 bridgehead atoms. The van der Waals surface area contributed by atoms with Crippen LogP contribution in [0.25, 0.3) is 6.08 Å². The van der Waals surface area contributed by atoms with Gasteiger partial charge in [-0.3, -0.25) is 4.79 Å². The summed E-state index contributed by atoms with van der Waals surface area (Å²) in [6.07, 6.45) is 3.43. The molecular weight excluding hydrogens is 384 g/mol. The summed E-state index contributed by atoms with van der Waals surface area (Å²) in [7, 11) is 4.60. The third-order valence-electron chi connectivity index (χ3n) is 4.26. The Balaban J connectivity index is 2.23. The van der Waals surface area contributed by atoms with Crippen LogP contribution in [0.1, 0.15) is 25.3 Å². The van der Waals surface area contributed by atoms with Crippen LogP contribution in [0.15, 0.2) is 42.0 Å². The molecular formula is C23H26N2O5. The number of carbonyl (C=O) groups excluding carboxylic acids is 1. The van der Waals surface area contributed by atoms with Gasteiger partial charge in [0.1, 0.15) is 11.6 Å². The first-order chi connectivity index (χ1) is 14.6.